The fourth-order valence-electron chi connectivity index (χ4n) is 2.67. The van der Waals surface area contributed by atoms with E-state index in [0.717, 1.165) is 17.7 Å². The molecule has 0 unspecified atom stereocenters. The minimum atomic E-state index is -0.277. The number of rotatable bonds is 6. The smallest absolute Gasteiger partial charge is 0.319 e. The maximum atomic E-state index is 12.4. The molecule has 0 aliphatic rings. The van der Waals surface area contributed by atoms with E-state index in [-0.39, 0.29) is 12.1 Å². The number of nitrogens with one attached hydrogen (secondary N) is 2. The van der Waals surface area contributed by atoms with Gasteiger partial charge in [-0.2, -0.15) is 9.90 Å². The standard InChI is InChI=1S/C17H22N8O/c1-4-14(15-9-10-18-24(15)3)20-17(26)19-13-8-6-7-12(11-13)16-21-23-25(5-2)22-16/h6-11,14H,4-5H2,1-3H3,(H2,19,20,26)/t14-/m1/s1. The highest BCUT2D eigenvalue weighted by Crippen LogP contribution is 2.19. The van der Waals surface area contributed by atoms with Gasteiger partial charge in [0.15, 0.2) is 0 Å². The molecule has 26 heavy (non-hydrogen) atoms. The van der Waals surface area contributed by atoms with Crippen molar-refractivity contribution < 1.29 is 4.79 Å². The molecule has 9 heteroatoms. The van der Waals surface area contributed by atoms with E-state index in [0.29, 0.717) is 18.1 Å². The second-order valence-electron chi connectivity index (χ2n) is 5.82. The molecule has 0 spiro atoms. The lowest BCUT2D eigenvalue weighted by Gasteiger charge is -2.18. The normalized spacial score (nSPS) is 12.0. The molecule has 9 nitrogen and oxygen atoms in total. The number of hydrogen-bond donors (Lipinski definition) is 2. The van der Waals surface area contributed by atoms with E-state index >= 15 is 0 Å². The molecule has 0 bridgehead atoms. The van der Waals surface area contributed by atoms with E-state index in [1.807, 2.05) is 51.2 Å². The largest absolute Gasteiger partial charge is 0.330 e. The molecule has 0 saturated carbocycles. The molecule has 2 N–H and O–H groups in total. The van der Waals surface area contributed by atoms with Crippen molar-refractivity contribution in [2.45, 2.75) is 32.9 Å². The molecule has 2 aromatic heterocycles. The quantitative estimate of drug-likeness (QED) is 0.707. The minimum Gasteiger partial charge on any atom is -0.330 e. The van der Waals surface area contributed by atoms with Crippen molar-refractivity contribution in [2.75, 3.05) is 5.32 Å². The van der Waals surface area contributed by atoms with Crippen LogP contribution in [0.2, 0.25) is 0 Å². The molecule has 1 aromatic carbocycles. The number of carbonyl (C=O) groups excluding carboxylic acids is 1. The summed E-state index contributed by atoms with van der Waals surface area (Å²) in [5, 5.41) is 22.2. The van der Waals surface area contributed by atoms with Crippen LogP contribution in [0.1, 0.15) is 32.0 Å². The van der Waals surface area contributed by atoms with Crippen molar-refractivity contribution in [1.82, 2.24) is 35.3 Å². The van der Waals surface area contributed by atoms with Crippen molar-refractivity contribution in [2.24, 2.45) is 7.05 Å². The van der Waals surface area contributed by atoms with E-state index in [1.165, 1.54) is 4.80 Å². The molecule has 3 rings (SSSR count). The number of tetrazole rings is 1. The summed E-state index contributed by atoms with van der Waals surface area (Å²) >= 11 is 0. The molecule has 0 aliphatic heterocycles. The highest BCUT2D eigenvalue weighted by molar-refractivity contribution is 5.90. The summed E-state index contributed by atoms with van der Waals surface area (Å²) in [6.45, 7) is 4.61. The maximum Gasteiger partial charge on any atom is 0.319 e. The minimum absolute atomic E-state index is 0.114. The van der Waals surface area contributed by atoms with Crippen LogP contribution in [0, 0.1) is 0 Å². The predicted molar refractivity (Wildman–Crippen MR) is 97.3 cm³/mol. The Morgan fingerprint density at radius 1 is 1.27 bits per heavy atom. The van der Waals surface area contributed by atoms with Gasteiger partial charge in [0, 0.05) is 24.5 Å². The Bertz CT molecular complexity index is 884. The van der Waals surface area contributed by atoms with E-state index in [9.17, 15) is 4.79 Å². The number of carbonyl (C=O) groups is 1. The molecule has 3 aromatic rings. The molecule has 136 valence electrons. The summed E-state index contributed by atoms with van der Waals surface area (Å²) in [7, 11) is 1.86. The average Bonchev–Trinajstić information content (AvgIpc) is 3.29. The van der Waals surface area contributed by atoms with Gasteiger partial charge in [0.1, 0.15) is 0 Å². The number of urea groups is 1. The fourth-order valence-corrected chi connectivity index (χ4v) is 2.67. The van der Waals surface area contributed by atoms with Crippen LogP contribution in [0.15, 0.2) is 36.5 Å². The van der Waals surface area contributed by atoms with Gasteiger partial charge in [0.05, 0.1) is 18.3 Å². The van der Waals surface area contributed by atoms with Crippen molar-refractivity contribution in [3.05, 3.63) is 42.2 Å². The zero-order valence-electron chi connectivity index (χ0n) is 15.0. The number of aryl methyl sites for hydroxylation is 2. The molecule has 2 heterocycles. The number of aromatic nitrogens is 6. The summed E-state index contributed by atoms with van der Waals surface area (Å²) in [5.41, 5.74) is 2.41. The first-order valence-corrected chi connectivity index (χ1v) is 8.54. The van der Waals surface area contributed by atoms with E-state index < -0.39 is 0 Å². The van der Waals surface area contributed by atoms with E-state index in [4.69, 9.17) is 0 Å². The second kappa shape index (κ2) is 7.77. The first-order chi connectivity index (χ1) is 12.6. The van der Waals surface area contributed by atoms with Gasteiger partial charge in [0.25, 0.3) is 0 Å². The van der Waals surface area contributed by atoms with Gasteiger partial charge < -0.3 is 10.6 Å². The number of hydrogen-bond acceptors (Lipinski definition) is 5. The third kappa shape index (κ3) is 3.88. The monoisotopic (exact) mass is 354 g/mol. The topological polar surface area (TPSA) is 103 Å². The van der Waals surface area contributed by atoms with Gasteiger partial charge in [-0.05, 0) is 36.8 Å². The van der Waals surface area contributed by atoms with Crippen LogP contribution in [0.5, 0.6) is 0 Å². The molecule has 2 amide bonds. The van der Waals surface area contributed by atoms with Crippen molar-refractivity contribution >= 4 is 11.7 Å². The van der Waals surface area contributed by atoms with Crippen molar-refractivity contribution in [3.8, 4) is 11.4 Å². The van der Waals surface area contributed by atoms with Crippen LogP contribution >= 0.6 is 0 Å². The lowest BCUT2D eigenvalue weighted by atomic mass is 10.1. The predicted octanol–water partition coefficient (Wildman–Crippen LogP) is 2.37. The SMILES string of the molecule is CC[C@@H](NC(=O)Nc1cccc(-c2nnn(CC)n2)c1)c1ccnn1C. The van der Waals surface area contributed by atoms with Gasteiger partial charge in [0.2, 0.25) is 5.82 Å². The van der Waals surface area contributed by atoms with Crippen LogP contribution in [0.3, 0.4) is 0 Å². The van der Waals surface area contributed by atoms with Gasteiger partial charge in [-0.1, -0.05) is 19.1 Å². The zero-order valence-corrected chi connectivity index (χ0v) is 15.0. The Morgan fingerprint density at radius 2 is 2.12 bits per heavy atom. The lowest BCUT2D eigenvalue weighted by Crippen LogP contribution is -2.33. The summed E-state index contributed by atoms with van der Waals surface area (Å²) in [6, 6.07) is 8.87. The molecule has 0 radical (unpaired) electrons. The zero-order chi connectivity index (χ0) is 18.5. The highest BCUT2D eigenvalue weighted by Gasteiger charge is 2.16. The van der Waals surface area contributed by atoms with Crippen LogP contribution in [-0.4, -0.2) is 36.0 Å². The first kappa shape index (κ1) is 17.6. The first-order valence-electron chi connectivity index (χ1n) is 8.54. The summed E-state index contributed by atoms with van der Waals surface area (Å²) in [5.74, 6) is 0.525. The summed E-state index contributed by atoms with van der Waals surface area (Å²) in [4.78, 5) is 13.9. The van der Waals surface area contributed by atoms with Gasteiger partial charge >= 0.3 is 6.03 Å². The fraction of sp³-hybridized carbons (Fsp3) is 0.353. The summed E-state index contributed by atoms with van der Waals surface area (Å²) in [6.07, 6.45) is 2.48. The Kier molecular flexibility index (Phi) is 5.26. The maximum absolute atomic E-state index is 12.4. The molecule has 0 fully saturated rings. The molecule has 0 aliphatic carbocycles. The van der Waals surface area contributed by atoms with E-state index in [2.05, 4.69) is 31.1 Å². The highest BCUT2D eigenvalue weighted by atomic mass is 16.2. The van der Waals surface area contributed by atoms with Crippen LogP contribution in [0.25, 0.3) is 11.4 Å². The van der Waals surface area contributed by atoms with Gasteiger partial charge in [-0.3, -0.25) is 4.68 Å². The third-order valence-corrected chi connectivity index (χ3v) is 4.04. The number of nitrogens with zero attached hydrogens (tertiary/aromatic N) is 6. The Labute approximate surface area is 151 Å². The Balaban J connectivity index is 1.69. The third-order valence-electron chi connectivity index (χ3n) is 4.04. The number of amides is 2. The average molecular weight is 354 g/mol. The van der Waals surface area contributed by atoms with Gasteiger partial charge in [-0.15, -0.1) is 10.2 Å². The molecular weight excluding hydrogens is 332 g/mol. The van der Waals surface area contributed by atoms with E-state index in [1.54, 1.807) is 10.9 Å². The number of anilines is 1. The van der Waals surface area contributed by atoms with Crippen molar-refractivity contribution in [1.29, 1.82) is 0 Å². The Morgan fingerprint density at radius 3 is 2.77 bits per heavy atom. The van der Waals surface area contributed by atoms with Crippen LogP contribution in [-0.2, 0) is 13.6 Å². The molecule has 0 saturated heterocycles. The number of benzene rings is 1. The van der Waals surface area contributed by atoms with Crippen LogP contribution in [0.4, 0.5) is 10.5 Å². The summed E-state index contributed by atoms with van der Waals surface area (Å²) < 4.78 is 1.76. The molecule has 1 atom stereocenters. The second-order valence-corrected chi connectivity index (χ2v) is 5.82. The van der Waals surface area contributed by atoms with Crippen molar-refractivity contribution in [3.63, 3.8) is 0 Å². The lowest BCUT2D eigenvalue weighted by molar-refractivity contribution is 0.247. The van der Waals surface area contributed by atoms with Crippen LogP contribution < -0.4 is 10.6 Å². The Hall–Kier alpha value is -3.23. The van der Waals surface area contributed by atoms with Gasteiger partial charge in [-0.25, -0.2) is 4.79 Å². The molecular formula is C17H22N8O.